The number of likely N-dealkylation sites (tertiary alicyclic amines) is 1. The van der Waals surface area contributed by atoms with Gasteiger partial charge in [-0.15, -0.1) is 0 Å². The molecule has 1 aromatic heterocycles. The van der Waals surface area contributed by atoms with Crippen molar-refractivity contribution < 1.29 is 9.90 Å². The van der Waals surface area contributed by atoms with Crippen molar-refractivity contribution in [2.45, 2.75) is 18.9 Å². The smallest absolute Gasteiger partial charge is 0.272 e. The largest absolute Gasteiger partial charge is 0.394 e. The van der Waals surface area contributed by atoms with Gasteiger partial charge in [0.1, 0.15) is 5.69 Å². The highest BCUT2D eigenvalue weighted by atomic mass is 16.3. The summed E-state index contributed by atoms with van der Waals surface area (Å²) < 4.78 is 0. The molecule has 1 aromatic carbocycles. The number of benzene rings is 1. The summed E-state index contributed by atoms with van der Waals surface area (Å²) in [7, 11) is 3.92. The predicted molar refractivity (Wildman–Crippen MR) is 87.2 cm³/mol. The summed E-state index contributed by atoms with van der Waals surface area (Å²) >= 11 is 0. The Hall–Kier alpha value is -2.14. The van der Waals surface area contributed by atoms with Gasteiger partial charge in [0.05, 0.1) is 18.2 Å². The Bertz CT molecular complexity index is 699. The zero-order chi connectivity index (χ0) is 15.7. The molecule has 0 unspecified atom stereocenters. The predicted octanol–water partition coefficient (Wildman–Crippen LogP) is 1.90. The Morgan fingerprint density at radius 3 is 2.91 bits per heavy atom. The molecule has 5 nitrogen and oxygen atoms in total. The van der Waals surface area contributed by atoms with Crippen LogP contribution in [0.15, 0.2) is 30.3 Å². The number of anilines is 1. The third kappa shape index (κ3) is 2.52. The van der Waals surface area contributed by atoms with E-state index in [-0.39, 0.29) is 18.6 Å². The number of nitrogens with zero attached hydrogens (tertiary/aromatic N) is 3. The second-order valence-corrected chi connectivity index (χ2v) is 5.92. The lowest BCUT2D eigenvalue weighted by Crippen LogP contribution is -2.38. The lowest BCUT2D eigenvalue weighted by Gasteiger charge is -2.24. The first-order valence-electron chi connectivity index (χ1n) is 7.60. The summed E-state index contributed by atoms with van der Waals surface area (Å²) in [4.78, 5) is 21.0. The second kappa shape index (κ2) is 5.93. The number of aliphatic hydroxyl groups is 1. The van der Waals surface area contributed by atoms with E-state index in [0.717, 1.165) is 29.4 Å². The van der Waals surface area contributed by atoms with Crippen molar-refractivity contribution in [1.29, 1.82) is 0 Å². The van der Waals surface area contributed by atoms with Crippen molar-refractivity contribution in [3.63, 3.8) is 0 Å². The lowest BCUT2D eigenvalue weighted by molar-refractivity contribution is 0.0672. The number of hydrogen-bond donors (Lipinski definition) is 1. The number of carbonyl (C=O) groups excluding carboxylic acids is 1. The average molecular weight is 299 g/mol. The maximum Gasteiger partial charge on any atom is 0.272 e. The summed E-state index contributed by atoms with van der Waals surface area (Å²) in [5.41, 5.74) is 2.24. The van der Waals surface area contributed by atoms with Gasteiger partial charge in [0, 0.05) is 31.7 Å². The molecule has 2 aromatic rings. The van der Waals surface area contributed by atoms with E-state index in [0.29, 0.717) is 12.2 Å². The first-order chi connectivity index (χ1) is 10.6. The van der Waals surface area contributed by atoms with E-state index in [4.69, 9.17) is 0 Å². The zero-order valence-corrected chi connectivity index (χ0v) is 13.0. The van der Waals surface area contributed by atoms with Gasteiger partial charge in [-0.1, -0.05) is 18.2 Å². The van der Waals surface area contributed by atoms with E-state index < -0.39 is 0 Å². The van der Waals surface area contributed by atoms with Crippen LogP contribution in [0.25, 0.3) is 10.9 Å². The summed E-state index contributed by atoms with van der Waals surface area (Å²) in [6, 6.07) is 9.60. The molecular weight excluding hydrogens is 278 g/mol. The van der Waals surface area contributed by atoms with Gasteiger partial charge >= 0.3 is 0 Å². The number of aromatic nitrogens is 1. The fraction of sp³-hybridized carbons (Fsp3) is 0.412. The van der Waals surface area contributed by atoms with Crippen LogP contribution in [-0.2, 0) is 0 Å². The van der Waals surface area contributed by atoms with Crippen molar-refractivity contribution in [2.24, 2.45) is 0 Å². The molecule has 0 spiro atoms. The molecule has 0 bridgehead atoms. The molecule has 1 fully saturated rings. The van der Waals surface area contributed by atoms with Crippen molar-refractivity contribution in [2.75, 3.05) is 32.1 Å². The first kappa shape index (κ1) is 14.8. The number of carbonyl (C=O) groups is 1. The van der Waals surface area contributed by atoms with Gasteiger partial charge in [-0.05, 0) is 25.0 Å². The van der Waals surface area contributed by atoms with Gasteiger partial charge in [0.2, 0.25) is 0 Å². The molecule has 1 saturated heterocycles. The van der Waals surface area contributed by atoms with Gasteiger partial charge in [-0.2, -0.15) is 0 Å². The fourth-order valence-corrected chi connectivity index (χ4v) is 3.08. The minimum atomic E-state index is -0.0922. The van der Waals surface area contributed by atoms with E-state index in [1.165, 1.54) is 0 Å². The number of pyridine rings is 1. The van der Waals surface area contributed by atoms with Gasteiger partial charge in [-0.25, -0.2) is 4.98 Å². The minimum Gasteiger partial charge on any atom is -0.394 e. The molecular formula is C17H21N3O2. The summed E-state index contributed by atoms with van der Waals surface area (Å²) in [6.45, 7) is 0.704. The number of hydrogen-bond acceptors (Lipinski definition) is 4. The molecule has 0 radical (unpaired) electrons. The van der Waals surface area contributed by atoms with Crippen LogP contribution in [0, 0.1) is 0 Å². The monoisotopic (exact) mass is 299 g/mol. The van der Waals surface area contributed by atoms with Gasteiger partial charge in [-0.3, -0.25) is 4.79 Å². The maximum absolute atomic E-state index is 12.8. The van der Waals surface area contributed by atoms with Crippen LogP contribution in [0.1, 0.15) is 23.3 Å². The van der Waals surface area contributed by atoms with Gasteiger partial charge < -0.3 is 14.9 Å². The van der Waals surface area contributed by atoms with Crippen molar-refractivity contribution in [1.82, 2.24) is 9.88 Å². The quantitative estimate of drug-likeness (QED) is 0.940. The number of aliphatic hydroxyl groups excluding tert-OH is 1. The molecule has 1 aliphatic heterocycles. The first-order valence-corrected chi connectivity index (χ1v) is 7.60. The Morgan fingerprint density at radius 1 is 1.41 bits per heavy atom. The molecule has 3 rings (SSSR count). The van der Waals surface area contributed by atoms with Crippen LogP contribution in [-0.4, -0.2) is 54.2 Å². The van der Waals surface area contributed by atoms with Crippen molar-refractivity contribution in [3.8, 4) is 0 Å². The van der Waals surface area contributed by atoms with Crippen LogP contribution >= 0.6 is 0 Å². The van der Waals surface area contributed by atoms with E-state index in [9.17, 15) is 9.90 Å². The fourth-order valence-electron chi connectivity index (χ4n) is 3.08. The molecule has 5 heteroatoms. The van der Waals surface area contributed by atoms with Crippen LogP contribution in [0.2, 0.25) is 0 Å². The molecule has 2 heterocycles. The molecule has 1 amide bonds. The molecule has 116 valence electrons. The third-order valence-electron chi connectivity index (χ3n) is 4.24. The van der Waals surface area contributed by atoms with Crippen LogP contribution in [0.5, 0.6) is 0 Å². The van der Waals surface area contributed by atoms with Crippen LogP contribution in [0.4, 0.5) is 5.69 Å². The minimum absolute atomic E-state index is 0.0137. The summed E-state index contributed by atoms with van der Waals surface area (Å²) in [5.74, 6) is -0.0922. The Labute approximate surface area is 130 Å². The molecule has 1 atom stereocenters. The lowest BCUT2D eigenvalue weighted by atomic mass is 10.1. The average Bonchev–Trinajstić information content (AvgIpc) is 3.01. The highest BCUT2D eigenvalue weighted by Gasteiger charge is 2.30. The van der Waals surface area contributed by atoms with E-state index in [1.54, 1.807) is 4.90 Å². The third-order valence-corrected chi connectivity index (χ3v) is 4.24. The normalized spacial score (nSPS) is 18.0. The number of fused-ring (bicyclic) bond motifs is 1. The van der Waals surface area contributed by atoms with Crippen molar-refractivity contribution >= 4 is 22.5 Å². The summed E-state index contributed by atoms with van der Waals surface area (Å²) in [6.07, 6.45) is 1.79. The van der Waals surface area contributed by atoms with Crippen molar-refractivity contribution in [3.05, 3.63) is 36.0 Å². The number of amides is 1. The standard InChI is InChI=1S/C17H21N3O2/c1-19(2)16-10-15(18-14-8-4-3-7-13(14)16)17(22)20-9-5-6-12(20)11-21/h3-4,7-8,10,12,21H,5-6,9,11H2,1-2H3/t12-/m0/s1. The SMILES string of the molecule is CN(C)c1cc(C(=O)N2CCC[C@H]2CO)nc2ccccc12. The van der Waals surface area contributed by atoms with Crippen LogP contribution in [0.3, 0.4) is 0 Å². The molecule has 0 aliphatic carbocycles. The molecule has 22 heavy (non-hydrogen) atoms. The highest BCUT2D eigenvalue weighted by molar-refractivity contribution is 6.00. The van der Waals surface area contributed by atoms with Gasteiger partial charge in [0.15, 0.2) is 0 Å². The molecule has 0 saturated carbocycles. The highest BCUT2D eigenvalue weighted by Crippen LogP contribution is 2.27. The van der Waals surface area contributed by atoms with E-state index in [1.807, 2.05) is 49.3 Å². The molecule has 1 aliphatic rings. The van der Waals surface area contributed by atoms with Gasteiger partial charge in [0.25, 0.3) is 5.91 Å². The molecule has 1 N–H and O–H groups in total. The van der Waals surface area contributed by atoms with E-state index >= 15 is 0 Å². The van der Waals surface area contributed by atoms with Crippen LogP contribution < -0.4 is 4.90 Å². The number of rotatable bonds is 3. The summed E-state index contributed by atoms with van der Waals surface area (Å²) in [5, 5.41) is 10.5. The topological polar surface area (TPSA) is 56.7 Å². The Balaban J connectivity index is 2.05. The number of para-hydroxylation sites is 1. The Kier molecular flexibility index (Phi) is 3.98. The maximum atomic E-state index is 12.8. The Morgan fingerprint density at radius 2 is 2.18 bits per heavy atom. The zero-order valence-electron chi connectivity index (χ0n) is 13.0. The van der Waals surface area contributed by atoms with E-state index in [2.05, 4.69) is 4.98 Å². The second-order valence-electron chi connectivity index (χ2n) is 5.92.